The third-order valence-corrected chi connectivity index (χ3v) is 3.95. The van der Waals surface area contributed by atoms with E-state index in [1.165, 1.54) is 82.0 Å². The smallest absolute Gasteiger partial charge is 0.261 e. The largest absolute Gasteiger partial charge is 0.324 e. The van der Waals surface area contributed by atoms with Gasteiger partial charge in [-0.1, -0.05) is 33.1 Å². The molecule has 1 aliphatic rings. The number of rotatable bonds is 8. The summed E-state index contributed by atoms with van der Waals surface area (Å²) >= 11 is 0. The number of likely N-dealkylation sites (tertiary alicyclic amines) is 1. The Morgan fingerprint density at radius 3 is 1.85 bits per heavy atom. The van der Waals surface area contributed by atoms with Crippen LogP contribution in [0.1, 0.15) is 65.2 Å². The van der Waals surface area contributed by atoms with Crippen LogP contribution in [0, 0.1) is 0 Å². The molecule has 0 saturated carbocycles. The summed E-state index contributed by atoms with van der Waals surface area (Å²) in [7, 11) is -3.67. The lowest BCUT2D eigenvalue weighted by atomic mass is 10.1. The molecule has 1 fully saturated rings. The van der Waals surface area contributed by atoms with E-state index >= 15 is 0 Å². The normalized spacial score (nSPS) is 17.6. The summed E-state index contributed by atoms with van der Waals surface area (Å²) in [4.78, 5) is 0. The molecule has 0 aromatic rings. The zero-order valence-electron chi connectivity index (χ0n) is 13.6. The molecule has 0 amide bonds. The molecule has 0 bridgehead atoms. The van der Waals surface area contributed by atoms with E-state index in [-0.39, 0.29) is 0 Å². The van der Waals surface area contributed by atoms with Gasteiger partial charge in [0, 0.05) is 12.8 Å². The van der Waals surface area contributed by atoms with Crippen LogP contribution in [0.4, 0.5) is 0 Å². The molecule has 0 aromatic heterocycles. The molecular formula is C15H34NO3S+. The molecule has 1 rings (SSSR count). The maximum Gasteiger partial charge on any atom is 0.261 e. The molecule has 0 radical (unpaired) electrons. The molecule has 0 aliphatic carbocycles. The first kappa shape index (κ1) is 19.9. The highest BCUT2D eigenvalue weighted by Gasteiger charge is 2.29. The van der Waals surface area contributed by atoms with Crippen LogP contribution in [0.5, 0.6) is 0 Å². The second-order valence-corrected chi connectivity index (χ2v) is 7.56. The van der Waals surface area contributed by atoms with E-state index in [9.17, 15) is 8.42 Å². The molecule has 122 valence electrons. The molecule has 20 heavy (non-hydrogen) atoms. The van der Waals surface area contributed by atoms with Gasteiger partial charge in [0.15, 0.2) is 0 Å². The fraction of sp³-hybridized carbons (Fsp3) is 1.00. The highest BCUT2D eigenvalue weighted by molar-refractivity contribution is 7.85. The Kier molecular flexibility index (Phi) is 10.5. The van der Waals surface area contributed by atoms with Crippen LogP contribution in [0.3, 0.4) is 0 Å². The van der Waals surface area contributed by atoms with Crippen LogP contribution in [0.25, 0.3) is 0 Å². The van der Waals surface area contributed by atoms with Crippen LogP contribution in [0.15, 0.2) is 0 Å². The summed E-state index contributed by atoms with van der Waals surface area (Å²) in [5.74, 6) is 0. The lowest BCUT2D eigenvalue weighted by Crippen LogP contribution is -2.46. The van der Waals surface area contributed by atoms with Gasteiger partial charge in [-0.15, -0.1) is 0 Å². The first-order valence-corrected chi connectivity index (χ1v) is 9.95. The van der Waals surface area contributed by atoms with E-state index in [1.54, 1.807) is 0 Å². The fourth-order valence-electron chi connectivity index (χ4n) is 3.09. The molecule has 0 aromatic carbocycles. The molecule has 0 unspecified atom stereocenters. The van der Waals surface area contributed by atoms with Crippen molar-refractivity contribution in [2.24, 2.45) is 0 Å². The topological polar surface area (TPSA) is 54.4 Å². The second-order valence-electron chi connectivity index (χ2n) is 6.09. The monoisotopic (exact) mass is 308 g/mol. The van der Waals surface area contributed by atoms with Crippen molar-refractivity contribution >= 4 is 10.1 Å². The van der Waals surface area contributed by atoms with Gasteiger partial charge < -0.3 is 4.48 Å². The van der Waals surface area contributed by atoms with Crippen LogP contribution in [0.2, 0.25) is 0 Å². The molecule has 1 aliphatic heterocycles. The SMILES string of the molecule is CCCCCCC[N+]1(CCC)CCCC1.CS(=O)(=O)O. The lowest BCUT2D eigenvalue weighted by molar-refractivity contribution is -0.917. The van der Waals surface area contributed by atoms with Crippen LogP contribution < -0.4 is 0 Å². The third kappa shape index (κ3) is 11.7. The van der Waals surface area contributed by atoms with Gasteiger partial charge >= 0.3 is 0 Å². The van der Waals surface area contributed by atoms with Gasteiger partial charge in [-0.3, -0.25) is 4.55 Å². The highest BCUT2D eigenvalue weighted by Crippen LogP contribution is 2.21. The molecule has 5 heteroatoms. The Labute approximate surface area is 125 Å². The van der Waals surface area contributed by atoms with E-state index in [0.717, 1.165) is 0 Å². The minimum Gasteiger partial charge on any atom is -0.324 e. The van der Waals surface area contributed by atoms with Gasteiger partial charge in [0.05, 0.1) is 32.4 Å². The third-order valence-electron chi connectivity index (χ3n) is 3.95. The van der Waals surface area contributed by atoms with Gasteiger partial charge in [-0.25, -0.2) is 0 Å². The first-order chi connectivity index (χ1) is 9.33. The molecule has 1 N–H and O–H groups in total. The maximum absolute atomic E-state index is 9.19. The van der Waals surface area contributed by atoms with Crippen LogP contribution in [-0.4, -0.2) is 49.9 Å². The Bertz CT molecular complexity index is 314. The van der Waals surface area contributed by atoms with Gasteiger partial charge in [-0.05, 0) is 19.3 Å². The minimum atomic E-state index is -3.67. The van der Waals surface area contributed by atoms with Crippen molar-refractivity contribution in [1.82, 2.24) is 0 Å². The summed E-state index contributed by atoms with van der Waals surface area (Å²) in [6, 6.07) is 0. The van der Waals surface area contributed by atoms with Crippen LogP contribution >= 0.6 is 0 Å². The molecule has 4 nitrogen and oxygen atoms in total. The van der Waals surface area contributed by atoms with Gasteiger partial charge in [0.1, 0.15) is 0 Å². The van der Waals surface area contributed by atoms with E-state index in [1.807, 2.05) is 0 Å². The fourth-order valence-corrected chi connectivity index (χ4v) is 3.09. The van der Waals surface area contributed by atoms with Gasteiger partial charge in [-0.2, -0.15) is 8.42 Å². The quantitative estimate of drug-likeness (QED) is 0.424. The summed E-state index contributed by atoms with van der Waals surface area (Å²) in [6.07, 6.45) is 12.3. The number of hydrogen-bond donors (Lipinski definition) is 1. The predicted molar refractivity (Wildman–Crippen MR) is 85.5 cm³/mol. The summed E-state index contributed by atoms with van der Waals surface area (Å²) in [6.45, 7) is 10.5. The summed E-state index contributed by atoms with van der Waals surface area (Å²) in [5, 5.41) is 0. The van der Waals surface area contributed by atoms with Crippen molar-refractivity contribution < 1.29 is 17.5 Å². The maximum atomic E-state index is 9.19. The number of hydrogen-bond acceptors (Lipinski definition) is 2. The molecule has 0 spiro atoms. The van der Waals surface area contributed by atoms with E-state index in [4.69, 9.17) is 4.55 Å². The number of quaternary nitrogens is 1. The Hall–Kier alpha value is -0.130. The standard InChI is InChI=1S/C14H30N.CH4O3S/c1-3-5-6-7-8-12-15(11-4-2)13-9-10-14-15;1-5(2,3)4/h3-14H2,1-2H3;1H3,(H,2,3,4)/q+1;. The molecule has 1 saturated heterocycles. The average Bonchev–Trinajstić information content (AvgIpc) is 2.76. The average molecular weight is 309 g/mol. The van der Waals surface area contributed by atoms with Gasteiger partial charge in [0.25, 0.3) is 10.1 Å². The van der Waals surface area contributed by atoms with E-state index < -0.39 is 10.1 Å². The van der Waals surface area contributed by atoms with Crippen molar-refractivity contribution in [2.45, 2.75) is 65.2 Å². The lowest BCUT2D eigenvalue weighted by Gasteiger charge is -2.34. The number of unbranched alkanes of at least 4 members (excludes halogenated alkanes) is 4. The van der Waals surface area contributed by atoms with Crippen LogP contribution in [-0.2, 0) is 10.1 Å². The van der Waals surface area contributed by atoms with Crippen molar-refractivity contribution in [3.8, 4) is 0 Å². The molecule has 0 atom stereocenters. The molecule has 1 heterocycles. The van der Waals surface area contributed by atoms with Crippen molar-refractivity contribution in [2.75, 3.05) is 32.4 Å². The summed E-state index contributed by atoms with van der Waals surface area (Å²) in [5.41, 5.74) is 0. The number of nitrogens with zero attached hydrogens (tertiary/aromatic N) is 1. The van der Waals surface area contributed by atoms with Gasteiger partial charge in [0.2, 0.25) is 0 Å². The highest BCUT2D eigenvalue weighted by atomic mass is 32.2. The Morgan fingerprint density at radius 2 is 1.40 bits per heavy atom. The van der Waals surface area contributed by atoms with Crippen molar-refractivity contribution in [3.63, 3.8) is 0 Å². The second kappa shape index (κ2) is 10.6. The Balaban J connectivity index is 0.000000621. The first-order valence-electron chi connectivity index (χ1n) is 8.10. The summed E-state index contributed by atoms with van der Waals surface area (Å²) < 4.78 is 27.3. The van der Waals surface area contributed by atoms with Crippen molar-refractivity contribution in [1.29, 1.82) is 0 Å². The zero-order valence-corrected chi connectivity index (χ0v) is 14.4. The van der Waals surface area contributed by atoms with Crippen molar-refractivity contribution in [3.05, 3.63) is 0 Å². The zero-order chi connectivity index (χ0) is 15.5. The Morgan fingerprint density at radius 1 is 0.900 bits per heavy atom. The predicted octanol–water partition coefficient (Wildman–Crippen LogP) is 3.48. The molecular weight excluding hydrogens is 274 g/mol. The van der Waals surface area contributed by atoms with E-state index in [2.05, 4.69) is 13.8 Å². The minimum absolute atomic E-state index is 0.715. The van der Waals surface area contributed by atoms with E-state index in [0.29, 0.717) is 6.26 Å².